The topological polar surface area (TPSA) is 44.4 Å². The van der Waals surface area contributed by atoms with E-state index in [4.69, 9.17) is 0 Å². The zero-order valence-electron chi connectivity index (χ0n) is 11.3. The summed E-state index contributed by atoms with van der Waals surface area (Å²) >= 11 is 0. The van der Waals surface area contributed by atoms with Gasteiger partial charge in [0, 0.05) is 25.2 Å². The lowest BCUT2D eigenvalue weighted by molar-refractivity contribution is -0.128. The third kappa shape index (κ3) is 2.80. The maximum absolute atomic E-state index is 11.9. The van der Waals surface area contributed by atoms with Crippen LogP contribution in [0.4, 0.5) is 0 Å². The fraction of sp³-hybridized carbons (Fsp3) is 0.923. The highest BCUT2D eigenvalue weighted by Crippen LogP contribution is 2.27. The summed E-state index contributed by atoms with van der Waals surface area (Å²) in [5, 5.41) is 6.36. The Kier molecular flexibility index (Phi) is 3.73. The quantitative estimate of drug-likeness (QED) is 0.746. The zero-order chi connectivity index (χ0) is 12.5. The number of amides is 1. The lowest BCUT2D eigenvalue weighted by Gasteiger charge is -2.38. The summed E-state index contributed by atoms with van der Waals surface area (Å²) in [6, 6.07) is 0.613. The first-order chi connectivity index (χ1) is 8.03. The van der Waals surface area contributed by atoms with Crippen LogP contribution < -0.4 is 10.6 Å². The van der Waals surface area contributed by atoms with E-state index in [2.05, 4.69) is 29.4 Å². The Bertz CT molecular complexity index is 290. The zero-order valence-corrected chi connectivity index (χ0v) is 11.3. The molecule has 0 saturated carbocycles. The number of rotatable bonds is 2. The maximum atomic E-state index is 11.9. The normalized spacial score (nSPS) is 33.6. The van der Waals surface area contributed by atoms with Crippen molar-refractivity contribution in [2.75, 3.05) is 20.1 Å². The monoisotopic (exact) mass is 239 g/mol. The molecule has 0 aromatic carbocycles. The summed E-state index contributed by atoms with van der Waals surface area (Å²) in [5.41, 5.74) is 0.218. The van der Waals surface area contributed by atoms with Crippen molar-refractivity contribution in [1.29, 1.82) is 0 Å². The van der Waals surface area contributed by atoms with E-state index in [1.54, 1.807) is 7.05 Å². The van der Waals surface area contributed by atoms with Gasteiger partial charge >= 0.3 is 0 Å². The molecule has 1 amide bonds. The minimum absolute atomic E-state index is 0.0921. The second kappa shape index (κ2) is 4.94. The van der Waals surface area contributed by atoms with Crippen LogP contribution in [0, 0.1) is 0 Å². The van der Waals surface area contributed by atoms with Crippen molar-refractivity contribution >= 4 is 5.91 Å². The summed E-state index contributed by atoms with van der Waals surface area (Å²) in [7, 11) is 1.74. The van der Waals surface area contributed by atoms with Crippen LogP contribution >= 0.6 is 0 Å². The van der Waals surface area contributed by atoms with Crippen molar-refractivity contribution < 1.29 is 4.79 Å². The first-order valence-electron chi connectivity index (χ1n) is 6.76. The molecule has 2 heterocycles. The number of likely N-dealkylation sites (N-methyl/N-ethyl adjacent to an activating group) is 1. The van der Waals surface area contributed by atoms with Gasteiger partial charge in [0.25, 0.3) is 0 Å². The summed E-state index contributed by atoms with van der Waals surface area (Å²) in [4.78, 5) is 14.3. The third-order valence-corrected chi connectivity index (χ3v) is 4.12. The number of hydrogen-bond donors (Lipinski definition) is 2. The minimum atomic E-state index is 0.0921. The van der Waals surface area contributed by atoms with Gasteiger partial charge in [-0.05, 0) is 39.7 Å². The average molecular weight is 239 g/mol. The fourth-order valence-corrected chi connectivity index (χ4v) is 3.20. The Morgan fingerprint density at radius 2 is 2.18 bits per heavy atom. The Hall–Kier alpha value is -0.610. The number of nitrogens with zero attached hydrogens (tertiary/aromatic N) is 1. The number of carbonyl (C=O) groups is 1. The van der Waals surface area contributed by atoms with Gasteiger partial charge in [-0.1, -0.05) is 6.42 Å². The van der Waals surface area contributed by atoms with Crippen LogP contribution in [0.25, 0.3) is 0 Å². The second-order valence-corrected chi connectivity index (χ2v) is 5.99. The van der Waals surface area contributed by atoms with Gasteiger partial charge in [0.15, 0.2) is 0 Å². The molecule has 17 heavy (non-hydrogen) atoms. The van der Waals surface area contributed by atoms with E-state index in [-0.39, 0.29) is 17.5 Å². The van der Waals surface area contributed by atoms with Crippen molar-refractivity contribution in [3.05, 3.63) is 0 Å². The van der Waals surface area contributed by atoms with Gasteiger partial charge in [-0.2, -0.15) is 0 Å². The molecule has 0 radical (unpaired) electrons. The molecule has 2 aliphatic heterocycles. The molecule has 0 aliphatic carbocycles. The lowest BCUT2D eigenvalue weighted by Crippen LogP contribution is -2.53. The Labute approximate surface area is 104 Å². The van der Waals surface area contributed by atoms with E-state index in [1.165, 1.54) is 12.8 Å². The van der Waals surface area contributed by atoms with Gasteiger partial charge in [-0.25, -0.2) is 0 Å². The van der Waals surface area contributed by atoms with E-state index in [0.717, 1.165) is 25.9 Å². The smallest absolute Gasteiger partial charge is 0.237 e. The number of piperidine rings is 1. The molecule has 0 aromatic rings. The first-order valence-corrected chi connectivity index (χ1v) is 6.76. The minimum Gasteiger partial charge on any atom is -0.358 e. The van der Waals surface area contributed by atoms with Crippen LogP contribution in [0.2, 0.25) is 0 Å². The van der Waals surface area contributed by atoms with Crippen LogP contribution in [0.3, 0.4) is 0 Å². The first kappa shape index (κ1) is 12.8. The molecule has 98 valence electrons. The summed E-state index contributed by atoms with van der Waals surface area (Å²) in [6.07, 6.45) is 4.56. The van der Waals surface area contributed by atoms with E-state index >= 15 is 0 Å². The molecule has 2 rings (SSSR count). The molecule has 0 aromatic heterocycles. The molecule has 2 unspecified atom stereocenters. The van der Waals surface area contributed by atoms with Gasteiger partial charge in [-0.3, -0.25) is 9.69 Å². The van der Waals surface area contributed by atoms with Crippen molar-refractivity contribution in [1.82, 2.24) is 15.5 Å². The number of hydrogen-bond acceptors (Lipinski definition) is 3. The van der Waals surface area contributed by atoms with E-state index < -0.39 is 0 Å². The molecule has 0 spiro atoms. The largest absolute Gasteiger partial charge is 0.358 e. The Balaban J connectivity index is 2.04. The summed E-state index contributed by atoms with van der Waals surface area (Å²) < 4.78 is 0. The van der Waals surface area contributed by atoms with Crippen LogP contribution in [0.15, 0.2) is 0 Å². The van der Waals surface area contributed by atoms with Crippen molar-refractivity contribution in [3.8, 4) is 0 Å². The van der Waals surface area contributed by atoms with Crippen molar-refractivity contribution in [2.45, 2.75) is 57.2 Å². The van der Waals surface area contributed by atoms with Gasteiger partial charge in [-0.15, -0.1) is 0 Å². The summed E-state index contributed by atoms with van der Waals surface area (Å²) in [5.74, 6) is 0.189. The number of nitrogens with one attached hydrogen (secondary N) is 2. The molecule has 0 bridgehead atoms. The van der Waals surface area contributed by atoms with E-state index in [1.807, 2.05) is 0 Å². The van der Waals surface area contributed by atoms with E-state index in [0.29, 0.717) is 6.04 Å². The number of carbonyl (C=O) groups excluding carboxylic acids is 1. The van der Waals surface area contributed by atoms with Crippen LogP contribution in [-0.4, -0.2) is 48.6 Å². The number of likely N-dealkylation sites (tertiary alicyclic amines) is 1. The van der Waals surface area contributed by atoms with Gasteiger partial charge in [0.1, 0.15) is 0 Å². The molecule has 2 N–H and O–H groups in total. The van der Waals surface area contributed by atoms with Gasteiger partial charge in [0.2, 0.25) is 5.91 Å². The SMILES string of the molecule is CNC(=O)C1CCCCN1C1CNC(C)(C)C1. The molecule has 2 atom stereocenters. The van der Waals surface area contributed by atoms with Crippen LogP contribution in [-0.2, 0) is 4.79 Å². The molecular formula is C13H25N3O. The maximum Gasteiger partial charge on any atom is 0.237 e. The lowest BCUT2D eigenvalue weighted by atomic mass is 9.95. The highest BCUT2D eigenvalue weighted by atomic mass is 16.2. The fourth-order valence-electron chi connectivity index (χ4n) is 3.20. The predicted octanol–water partition coefficient (Wildman–Crippen LogP) is 0.727. The molecule has 4 nitrogen and oxygen atoms in total. The highest BCUT2D eigenvalue weighted by Gasteiger charge is 2.39. The molecule has 2 saturated heterocycles. The van der Waals surface area contributed by atoms with Crippen LogP contribution in [0.5, 0.6) is 0 Å². The predicted molar refractivity (Wildman–Crippen MR) is 68.9 cm³/mol. The standard InChI is InChI=1S/C13H25N3O/c1-13(2)8-10(9-15-13)16-7-5-4-6-11(16)12(17)14-3/h10-11,15H,4-9H2,1-3H3,(H,14,17). The molecule has 2 fully saturated rings. The van der Waals surface area contributed by atoms with Crippen LogP contribution in [0.1, 0.15) is 39.5 Å². The molecule has 2 aliphatic rings. The van der Waals surface area contributed by atoms with E-state index in [9.17, 15) is 4.79 Å². The second-order valence-electron chi connectivity index (χ2n) is 5.99. The Morgan fingerprint density at radius 1 is 1.41 bits per heavy atom. The average Bonchev–Trinajstić information content (AvgIpc) is 2.68. The Morgan fingerprint density at radius 3 is 2.76 bits per heavy atom. The molecular weight excluding hydrogens is 214 g/mol. The molecule has 4 heteroatoms. The highest BCUT2D eigenvalue weighted by molar-refractivity contribution is 5.81. The van der Waals surface area contributed by atoms with Gasteiger partial charge < -0.3 is 10.6 Å². The van der Waals surface area contributed by atoms with Crippen molar-refractivity contribution in [2.24, 2.45) is 0 Å². The third-order valence-electron chi connectivity index (χ3n) is 4.12. The van der Waals surface area contributed by atoms with Crippen molar-refractivity contribution in [3.63, 3.8) is 0 Å². The summed E-state index contributed by atoms with van der Waals surface area (Å²) in [6.45, 7) is 6.57. The van der Waals surface area contributed by atoms with Gasteiger partial charge in [0.05, 0.1) is 6.04 Å².